The Hall–Kier alpha value is -3.38. The molecule has 1 amide bonds. The van der Waals surface area contributed by atoms with Crippen molar-refractivity contribution in [2.45, 2.75) is 20.0 Å². The normalized spacial score (nSPS) is 13.3. The Morgan fingerprint density at radius 3 is 2.65 bits per heavy atom. The number of fused-ring (bicyclic) bond motifs is 3. The fraction of sp³-hybridized carbons (Fsp3) is 0.167. The van der Waals surface area contributed by atoms with Gasteiger partial charge in [0.1, 0.15) is 11.6 Å². The first-order valence-electron chi connectivity index (χ1n) is 10.0. The average Bonchev–Trinajstić information content (AvgIpc) is 3.12. The summed E-state index contributed by atoms with van der Waals surface area (Å²) >= 11 is 6.11. The number of carbonyl (C=O) groups excluding carboxylic acids is 1. The van der Waals surface area contributed by atoms with Gasteiger partial charge in [-0.1, -0.05) is 11.6 Å². The van der Waals surface area contributed by atoms with E-state index in [-0.39, 0.29) is 11.7 Å². The number of hydrogen-bond donors (Lipinski definition) is 1. The second-order valence-electron chi connectivity index (χ2n) is 7.69. The van der Waals surface area contributed by atoms with Crippen molar-refractivity contribution < 1.29 is 9.18 Å². The van der Waals surface area contributed by atoms with Crippen molar-refractivity contribution in [2.24, 2.45) is 0 Å². The smallest absolute Gasteiger partial charge is 0.255 e. The molecule has 1 aliphatic rings. The molecule has 0 unspecified atom stereocenters. The van der Waals surface area contributed by atoms with Crippen LogP contribution in [-0.4, -0.2) is 22.0 Å². The molecule has 5 nitrogen and oxygen atoms in total. The molecule has 3 aromatic carbocycles. The van der Waals surface area contributed by atoms with Gasteiger partial charge in [-0.05, 0) is 73.2 Å². The van der Waals surface area contributed by atoms with Crippen LogP contribution in [0.3, 0.4) is 0 Å². The molecule has 0 fully saturated rings. The van der Waals surface area contributed by atoms with Crippen molar-refractivity contribution in [3.05, 3.63) is 88.5 Å². The Morgan fingerprint density at radius 2 is 1.87 bits per heavy atom. The minimum Gasteiger partial charge on any atom is -0.362 e. The molecule has 0 aliphatic carbocycles. The van der Waals surface area contributed by atoms with E-state index in [9.17, 15) is 9.18 Å². The third kappa shape index (κ3) is 3.75. The molecular weight excluding hydrogens is 415 g/mol. The van der Waals surface area contributed by atoms with E-state index in [1.165, 1.54) is 24.3 Å². The number of anilines is 2. The molecule has 0 spiro atoms. The molecule has 1 N–H and O–H groups in total. The maximum Gasteiger partial charge on any atom is 0.255 e. The highest BCUT2D eigenvalue weighted by Gasteiger charge is 2.21. The molecule has 0 bridgehead atoms. The van der Waals surface area contributed by atoms with Gasteiger partial charge in [0.2, 0.25) is 0 Å². The van der Waals surface area contributed by atoms with E-state index in [1.54, 1.807) is 0 Å². The number of aromatic nitrogens is 2. The number of nitrogens with zero attached hydrogens (tertiary/aromatic N) is 3. The zero-order valence-corrected chi connectivity index (χ0v) is 17.7. The van der Waals surface area contributed by atoms with Crippen LogP contribution in [0.15, 0.2) is 60.7 Å². The minimum atomic E-state index is -0.366. The van der Waals surface area contributed by atoms with Crippen LogP contribution < -0.4 is 10.2 Å². The summed E-state index contributed by atoms with van der Waals surface area (Å²) in [4.78, 5) is 19.5. The van der Waals surface area contributed by atoms with E-state index in [0.717, 1.165) is 46.9 Å². The molecular formula is C24H20ClFN4O. The third-order valence-corrected chi connectivity index (χ3v) is 5.88. The fourth-order valence-corrected chi connectivity index (χ4v) is 4.16. The number of rotatable bonds is 3. The second kappa shape index (κ2) is 7.71. The third-order valence-electron chi connectivity index (χ3n) is 5.64. The molecule has 0 saturated carbocycles. The summed E-state index contributed by atoms with van der Waals surface area (Å²) < 4.78 is 15.3. The van der Waals surface area contributed by atoms with Gasteiger partial charge < -0.3 is 14.8 Å². The molecule has 2 heterocycles. The summed E-state index contributed by atoms with van der Waals surface area (Å²) in [5.41, 5.74) is 5.21. The molecule has 0 radical (unpaired) electrons. The minimum absolute atomic E-state index is 0.263. The standard InChI is InChI=1S/C24H20ClFN4O/c1-15-12-19(7-8-20(15)28-24(31)16-2-5-18(26)6-3-16)29-10-11-30-22-9-4-17(25)13-21(22)27-23(30)14-29/h2-9,12-13H,10-11,14H2,1H3,(H,28,31). The summed E-state index contributed by atoms with van der Waals surface area (Å²) in [6.07, 6.45) is 0. The number of benzene rings is 3. The van der Waals surface area contributed by atoms with E-state index in [0.29, 0.717) is 17.1 Å². The van der Waals surface area contributed by atoms with Crippen molar-refractivity contribution in [1.82, 2.24) is 9.55 Å². The molecule has 156 valence electrons. The van der Waals surface area contributed by atoms with Crippen molar-refractivity contribution in [1.29, 1.82) is 0 Å². The largest absolute Gasteiger partial charge is 0.362 e. The number of carbonyl (C=O) groups is 1. The quantitative estimate of drug-likeness (QED) is 0.469. The van der Waals surface area contributed by atoms with Crippen LogP contribution in [0.5, 0.6) is 0 Å². The van der Waals surface area contributed by atoms with E-state index >= 15 is 0 Å². The Kier molecular flexibility index (Phi) is 4.87. The van der Waals surface area contributed by atoms with Gasteiger partial charge in [-0.2, -0.15) is 0 Å². The summed E-state index contributed by atoms with van der Waals surface area (Å²) in [5, 5.41) is 3.59. The molecule has 7 heteroatoms. The van der Waals surface area contributed by atoms with E-state index < -0.39 is 0 Å². The Morgan fingerprint density at radius 1 is 1.06 bits per heavy atom. The van der Waals surface area contributed by atoms with Gasteiger partial charge >= 0.3 is 0 Å². The van der Waals surface area contributed by atoms with Crippen LogP contribution in [-0.2, 0) is 13.1 Å². The molecule has 31 heavy (non-hydrogen) atoms. The number of hydrogen-bond acceptors (Lipinski definition) is 3. The lowest BCUT2D eigenvalue weighted by molar-refractivity contribution is 0.102. The van der Waals surface area contributed by atoms with Crippen molar-refractivity contribution in [2.75, 3.05) is 16.8 Å². The van der Waals surface area contributed by atoms with Gasteiger partial charge in [0.05, 0.1) is 17.6 Å². The molecule has 1 aliphatic heterocycles. The highest BCUT2D eigenvalue weighted by molar-refractivity contribution is 6.31. The fourth-order valence-electron chi connectivity index (χ4n) is 3.99. The Labute approximate surface area is 184 Å². The summed E-state index contributed by atoms with van der Waals surface area (Å²) in [7, 11) is 0. The summed E-state index contributed by atoms with van der Waals surface area (Å²) in [6, 6.07) is 17.3. The highest BCUT2D eigenvalue weighted by Crippen LogP contribution is 2.29. The van der Waals surface area contributed by atoms with Crippen LogP contribution in [0.25, 0.3) is 11.0 Å². The van der Waals surface area contributed by atoms with Gasteiger partial charge in [-0.3, -0.25) is 4.79 Å². The zero-order chi connectivity index (χ0) is 21.5. The summed E-state index contributed by atoms with van der Waals surface area (Å²) in [6.45, 7) is 4.37. The predicted octanol–water partition coefficient (Wildman–Crippen LogP) is 5.41. The van der Waals surface area contributed by atoms with E-state index in [4.69, 9.17) is 16.6 Å². The zero-order valence-electron chi connectivity index (χ0n) is 16.9. The van der Waals surface area contributed by atoms with Gasteiger partial charge in [0.15, 0.2) is 0 Å². The summed E-state index contributed by atoms with van der Waals surface area (Å²) in [5.74, 6) is 0.381. The monoisotopic (exact) mass is 434 g/mol. The van der Waals surface area contributed by atoms with Crippen LogP contribution in [0, 0.1) is 12.7 Å². The molecule has 0 saturated heterocycles. The number of nitrogens with one attached hydrogen (secondary N) is 1. The Balaban J connectivity index is 1.35. The average molecular weight is 435 g/mol. The lowest BCUT2D eigenvalue weighted by Gasteiger charge is -2.30. The maximum atomic E-state index is 13.1. The number of amides is 1. The van der Waals surface area contributed by atoms with Crippen LogP contribution in [0.4, 0.5) is 15.8 Å². The molecule has 5 rings (SSSR count). The van der Waals surface area contributed by atoms with Crippen molar-refractivity contribution in [3.8, 4) is 0 Å². The van der Waals surface area contributed by atoms with Crippen molar-refractivity contribution >= 4 is 39.9 Å². The second-order valence-corrected chi connectivity index (χ2v) is 8.13. The number of aryl methyl sites for hydroxylation is 1. The lowest BCUT2D eigenvalue weighted by Crippen LogP contribution is -2.33. The highest BCUT2D eigenvalue weighted by atomic mass is 35.5. The molecule has 1 aromatic heterocycles. The Bertz CT molecular complexity index is 1300. The first-order valence-corrected chi connectivity index (χ1v) is 10.4. The SMILES string of the molecule is Cc1cc(N2CCn3c(nc4cc(Cl)ccc43)C2)ccc1NC(=O)c1ccc(F)cc1. The van der Waals surface area contributed by atoms with Gasteiger partial charge in [0.25, 0.3) is 5.91 Å². The van der Waals surface area contributed by atoms with Crippen LogP contribution in [0.2, 0.25) is 5.02 Å². The van der Waals surface area contributed by atoms with Crippen LogP contribution >= 0.6 is 11.6 Å². The lowest BCUT2D eigenvalue weighted by atomic mass is 10.1. The number of halogens is 2. The van der Waals surface area contributed by atoms with Gasteiger partial charge in [-0.15, -0.1) is 0 Å². The maximum absolute atomic E-state index is 13.1. The first kappa shape index (κ1) is 19.6. The van der Waals surface area contributed by atoms with Gasteiger partial charge in [-0.25, -0.2) is 9.37 Å². The van der Waals surface area contributed by atoms with E-state index in [1.807, 2.05) is 37.3 Å². The molecule has 4 aromatic rings. The van der Waals surface area contributed by atoms with Gasteiger partial charge in [0, 0.05) is 35.1 Å². The predicted molar refractivity (Wildman–Crippen MR) is 121 cm³/mol. The van der Waals surface area contributed by atoms with Crippen LogP contribution in [0.1, 0.15) is 21.7 Å². The number of imidazole rings is 1. The van der Waals surface area contributed by atoms with Crippen molar-refractivity contribution in [3.63, 3.8) is 0 Å². The first-order chi connectivity index (χ1) is 15.0. The molecule has 0 atom stereocenters. The van der Waals surface area contributed by atoms with E-state index in [2.05, 4.69) is 20.9 Å². The topological polar surface area (TPSA) is 50.2 Å².